The van der Waals surface area contributed by atoms with Crippen LogP contribution in [0, 0.1) is 18.2 Å². The monoisotopic (exact) mass is 477 g/mol. The summed E-state index contributed by atoms with van der Waals surface area (Å²) in [5, 5.41) is 9.58. The number of ether oxygens (including phenoxy) is 1. The third-order valence-corrected chi connectivity index (χ3v) is 6.71. The Balaban J connectivity index is 1.56. The molecule has 35 heavy (non-hydrogen) atoms. The van der Waals surface area contributed by atoms with Crippen LogP contribution in [-0.4, -0.2) is 40.7 Å². The second kappa shape index (κ2) is 10.4. The van der Waals surface area contributed by atoms with Crippen LogP contribution in [0.25, 0.3) is 11.3 Å². The number of benzene rings is 1. The Morgan fingerprint density at radius 2 is 1.80 bits per heavy atom. The number of carboxylic acid groups (broad SMARTS) is 1. The number of nitrogens with zero attached hydrogens (tertiary/aromatic N) is 3. The molecule has 3 heterocycles. The molecule has 2 aromatic heterocycles. The number of aliphatic carboxylic acids is 1. The Hall–Kier alpha value is -3.48. The molecule has 0 unspecified atom stereocenters. The average molecular weight is 478 g/mol. The number of piperidine rings is 1. The number of carbonyl (C=O) groups is 1. The lowest BCUT2D eigenvalue weighted by atomic mass is 9.82. The fourth-order valence-corrected chi connectivity index (χ4v) is 4.44. The largest absolute Gasteiger partial charge is 0.492 e. The van der Waals surface area contributed by atoms with E-state index in [-0.39, 0.29) is 17.7 Å². The lowest BCUT2D eigenvalue weighted by molar-refractivity contribution is -0.136. The minimum Gasteiger partial charge on any atom is -0.492 e. The predicted molar refractivity (Wildman–Crippen MR) is 134 cm³/mol. The number of rotatable bonds is 8. The van der Waals surface area contributed by atoms with Crippen molar-refractivity contribution < 1.29 is 19.0 Å². The fraction of sp³-hybridized carbons (Fsp3) is 0.393. The zero-order valence-electron chi connectivity index (χ0n) is 20.6. The highest BCUT2D eigenvalue weighted by Crippen LogP contribution is 2.39. The average Bonchev–Trinajstić information content (AvgIpc) is 2.82. The summed E-state index contributed by atoms with van der Waals surface area (Å²) < 4.78 is 18.9. The van der Waals surface area contributed by atoms with E-state index in [9.17, 15) is 14.3 Å². The van der Waals surface area contributed by atoms with Gasteiger partial charge in [0, 0.05) is 42.5 Å². The maximum Gasteiger partial charge on any atom is 0.307 e. The third kappa shape index (κ3) is 6.15. The quantitative estimate of drug-likeness (QED) is 0.464. The zero-order chi connectivity index (χ0) is 25.0. The van der Waals surface area contributed by atoms with Gasteiger partial charge in [-0.1, -0.05) is 26.0 Å². The summed E-state index contributed by atoms with van der Waals surface area (Å²) in [6, 6.07) is 10.2. The van der Waals surface area contributed by atoms with E-state index in [1.54, 1.807) is 24.5 Å². The smallest absolute Gasteiger partial charge is 0.307 e. The highest BCUT2D eigenvalue weighted by molar-refractivity contribution is 5.83. The van der Waals surface area contributed by atoms with Crippen LogP contribution >= 0.6 is 0 Å². The van der Waals surface area contributed by atoms with Gasteiger partial charge in [-0.15, -0.1) is 0 Å². The number of aromatic nitrogens is 2. The molecule has 0 atom stereocenters. The van der Waals surface area contributed by atoms with Crippen molar-refractivity contribution in [1.29, 1.82) is 0 Å². The van der Waals surface area contributed by atoms with Gasteiger partial charge in [0.1, 0.15) is 11.6 Å². The van der Waals surface area contributed by atoms with Gasteiger partial charge in [-0.25, -0.2) is 4.39 Å². The van der Waals surface area contributed by atoms with Crippen LogP contribution in [0.15, 0.2) is 48.8 Å². The van der Waals surface area contributed by atoms with E-state index in [4.69, 9.17) is 4.74 Å². The molecule has 0 bridgehead atoms. The normalized spacial score (nSPS) is 15.1. The second-order valence-electron chi connectivity index (χ2n) is 9.91. The minimum absolute atomic E-state index is 0.0769. The number of anilines is 1. The molecule has 1 aromatic carbocycles. The number of hydrogen-bond donors (Lipinski definition) is 1. The van der Waals surface area contributed by atoms with Crippen LogP contribution in [0.1, 0.15) is 43.5 Å². The molecule has 1 aliphatic heterocycles. The lowest BCUT2D eigenvalue weighted by Gasteiger charge is -2.40. The van der Waals surface area contributed by atoms with E-state index < -0.39 is 5.97 Å². The highest BCUT2D eigenvalue weighted by Gasteiger charge is 2.29. The van der Waals surface area contributed by atoms with Gasteiger partial charge in [-0.3, -0.25) is 14.8 Å². The predicted octanol–water partition coefficient (Wildman–Crippen LogP) is 5.47. The van der Waals surface area contributed by atoms with Crippen molar-refractivity contribution in [1.82, 2.24) is 9.97 Å². The minimum atomic E-state index is -0.872. The second-order valence-corrected chi connectivity index (χ2v) is 9.91. The van der Waals surface area contributed by atoms with E-state index in [1.165, 1.54) is 12.1 Å². The molecule has 184 valence electrons. The molecular weight excluding hydrogens is 445 g/mol. The molecule has 0 amide bonds. The van der Waals surface area contributed by atoms with Gasteiger partial charge >= 0.3 is 5.97 Å². The van der Waals surface area contributed by atoms with Crippen LogP contribution in [0.3, 0.4) is 0 Å². The first-order valence-corrected chi connectivity index (χ1v) is 12.0. The number of aryl methyl sites for hydroxylation is 1. The Morgan fingerprint density at radius 1 is 1.09 bits per heavy atom. The van der Waals surface area contributed by atoms with Gasteiger partial charge in [0.2, 0.25) is 0 Å². The molecule has 0 saturated carbocycles. The first-order chi connectivity index (χ1) is 16.7. The summed E-state index contributed by atoms with van der Waals surface area (Å²) >= 11 is 0. The molecule has 0 radical (unpaired) electrons. The van der Waals surface area contributed by atoms with Crippen LogP contribution in [0.5, 0.6) is 5.75 Å². The summed E-state index contributed by atoms with van der Waals surface area (Å²) in [5.41, 5.74) is 5.25. The fourth-order valence-electron chi connectivity index (χ4n) is 4.44. The molecule has 7 heteroatoms. The molecule has 1 aliphatic rings. The van der Waals surface area contributed by atoms with Crippen molar-refractivity contribution in [3.63, 3.8) is 0 Å². The molecule has 6 nitrogen and oxygen atoms in total. The van der Waals surface area contributed by atoms with Crippen LogP contribution in [0.2, 0.25) is 0 Å². The van der Waals surface area contributed by atoms with Gasteiger partial charge < -0.3 is 14.7 Å². The van der Waals surface area contributed by atoms with Gasteiger partial charge in [0.05, 0.1) is 30.6 Å². The summed E-state index contributed by atoms with van der Waals surface area (Å²) in [7, 11) is 0. The summed E-state index contributed by atoms with van der Waals surface area (Å²) in [4.78, 5) is 23.1. The Morgan fingerprint density at radius 3 is 2.43 bits per heavy atom. The first-order valence-electron chi connectivity index (χ1n) is 12.0. The maximum atomic E-state index is 13.1. The molecule has 0 aliphatic carbocycles. The zero-order valence-corrected chi connectivity index (χ0v) is 20.6. The van der Waals surface area contributed by atoms with E-state index in [1.807, 2.05) is 19.1 Å². The molecular formula is C28H32FN3O3. The van der Waals surface area contributed by atoms with Gasteiger partial charge in [-0.05, 0) is 55.0 Å². The molecule has 4 rings (SSSR count). The number of hydrogen-bond acceptors (Lipinski definition) is 5. The van der Waals surface area contributed by atoms with Crippen molar-refractivity contribution in [3.8, 4) is 17.0 Å². The van der Waals surface area contributed by atoms with Crippen molar-refractivity contribution in [2.45, 2.75) is 46.5 Å². The molecule has 1 fully saturated rings. The first kappa shape index (κ1) is 24.6. The topological polar surface area (TPSA) is 75.6 Å². The van der Waals surface area contributed by atoms with E-state index in [0.717, 1.165) is 59.7 Å². The number of carboxylic acids is 1. The Bertz CT molecular complexity index is 1170. The Kier molecular flexibility index (Phi) is 7.34. The van der Waals surface area contributed by atoms with E-state index in [2.05, 4.69) is 28.7 Å². The SMILES string of the molecule is Cc1ncc(-c2ccc(OCCc3ccc(F)cc3)cn2)c(N2CCC(C)(C)CC2)c1CC(=O)O. The summed E-state index contributed by atoms with van der Waals surface area (Å²) in [5.74, 6) is -0.481. The Labute approximate surface area is 205 Å². The lowest BCUT2D eigenvalue weighted by Crippen LogP contribution is -2.38. The molecule has 3 aromatic rings. The molecule has 1 saturated heterocycles. The number of halogens is 1. The van der Waals surface area contributed by atoms with Crippen molar-refractivity contribution in [2.24, 2.45) is 5.41 Å². The van der Waals surface area contributed by atoms with Crippen molar-refractivity contribution in [2.75, 3.05) is 24.6 Å². The highest BCUT2D eigenvalue weighted by atomic mass is 19.1. The van der Waals surface area contributed by atoms with E-state index in [0.29, 0.717) is 18.8 Å². The van der Waals surface area contributed by atoms with Crippen molar-refractivity contribution in [3.05, 3.63) is 71.4 Å². The third-order valence-electron chi connectivity index (χ3n) is 6.71. The van der Waals surface area contributed by atoms with Gasteiger partial charge in [0.15, 0.2) is 0 Å². The van der Waals surface area contributed by atoms with Crippen molar-refractivity contribution >= 4 is 11.7 Å². The number of pyridine rings is 2. The van der Waals surface area contributed by atoms with Gasteiger partial charge in [0.25, 0.3) is 0 Å². The van der Waals surface area contributed by atoms with Gasteiger partial charge in [-0.2, -0.15) is 0 Å². The van der Waals surface area contributed by atoms with E-state index >= 15 is 0 Å². The maximum absolute atomic E-state index is 13.1. The van der Waals surface area contributed by atoms with Crippen LogP contribution < -0.4 is 9.64 Å². The summed E-state index contributed by atoms with van der Waals surface area (Å²) in [6.07, 6.45) is 6.14. The van der Waals surface area contributed by atoms with Crippen LogP contribution in [0.4, 0.5) is 10.1 Å². The van der Waals surface area contributed by atoms with Crippen LogP contribution in [-0.2, 0) is 17.6 Å². The molecule has 0 spiro atoms. The molecule has 1 N–H and O–H groups in total. The standard InChI is InChI=1S/C28H32FN3O3/c1-19-23(16-26(33)34)27(32-13-11-28(2,3)12-14-32)24(18-30-19)25-9-8-22(17-31-25)35-15-10-20-4-6-21(29)7-5-20/h4-9,17-18H,10-16H2,1-3H3,(H,33,34). The summed E-state index contributed by atoms with van der Waals surface area (Å²) in [6.45, 7) is 8.59.